The molecule has 0 aliphatic carbocycles. The van der Waals surface area contributed by atoms with Gasteiger partial charge in [0.1, 0.15) is 5.75 Å². The zero-order valence-electron chi connectivity index (χ0n) is 17.1. The van der Waals surface area contributed by atoms with Crippen molar-refractivity contribution in [2.24, 2.45) is 5.92 Å². The van der Waals surface area contributed by atoms with Crippen molar-refractivity contribution in [2.45, 2.75) is 52.0 Å². The Morgan fingerprint density at radius 2 is 1.96 bits per heavy atom. The summed E-state index contributed by atoms with van der Waals surface area (Å²) in [6.45, 7) is 7.58. The van der Waals surface area contributed by atoms with E-state index in [4.69, 9.17) is 4.74 Å². The molecule has 6 nitrogen and oxygen atoms in total. The molecule has 6 heteroatoms. The van der Waals surface area contributed by atoms with Gasteiger partial charge in [-0.15, -0.1) is 0 Å². The molecular weight excluding hydrogens is 354 g/mol. The molecule has 0 radical (unpaired) electrons. The summed E-state index contributed by atoms with van der Waals surface area (Å²) in [5.41, 5.74) is 2.32. The Morgan fingerprint density at radius 3 is 2.68 bits per heavy atom. The van der Waals surface area contributed by atoms with E-state index < -0.39 is 0 Å². The summed E-state index contributed by atoms with van der Waals surface area (Å²) in [5, 5.41) is 6.29. The first-order valence-corrected chi connectivity index (χ1v) is 10.5. The van der Waals surface area contributed by atoms with Crippen LogP contribution in [0.1, 0.15) is 43.2 Å². The van der Waals surface area contributed by atoms with Gasteiger partial charge >= 0.3 is 0 Å². The second kappa shape index (κ2) is 9.92. The number of hydrogen-bond donors (Lipinski definition) is 2. The lowest BCUT2D eigenvalue weighted by molar-refractivity contribution is -0.133. The van der Waals surface area contributed by atoms with Crippen molar-refractivity contribution in [3.63, 3.8) is 0 Å². The Bertz CT molecular complexity index is 665. The van der Waals surface area contributed by atoms with E-state index in [9.17, 15) is 9.59 Å². The zero-order chi connectivity index (χ0) is 19.9. The number of carbonyl (C=O) groups excluding carboxylic acids is 2. The van der Waals surface area contributed by atoms with Crippen LogP contribution in [0.25, 0.3) is 0 Å². The molecule has 2 atom stereocenters. The van der Waals surface area contributed by atoms with Crippen LogP contribution in [-0.2, 0) is 9.59 Å². The van der Waals surface area contributed by atoms with E-state index in [0.29, 0.717) is 25.5 Å². The molecule has 0 bridgehead atoms. The second-order valence-corrected chi connectivity index (χ2v) is 8.16. The van der Waals surface area contributed by atoms with Gasteiger partial charge in [0, 0.05) is 19.6 Å². The fourth-order valence-corrected chi connectivity index (χ4v) is 4.17. The van der Waals surface area contributed by atoms with Crippen molar-refractivity contribution in [2.75, 3.05) is 32.8 Å². The minimum absolute atomic E-state index is 0.0382. The molecule has 2 N–H and O–H groups in total. The van der Waals surface area contributed by atoms with Gasteiger partial charge in [-0.2, -0.15) is 0 Å². The molecule has 154 valence electrons. The first-order chi connectivity index (χ1) is 13.5. The van der Waals surface area contributed by atoms with Crippen LogP contribution < -0.4 is 15.4 Å². The molecule has 2 saturated heterocycles. The zero-order valence-corrected chi connectivity index (χ0v) is 17.1. The van der Waals surface area contributed by atoms with E-state index >= 15 is 0 Å². The van der Waals surface area contributed by atoms with Crippen LogP contribution in [0.4, 0.5) is 0 Å². The number of amides is 2. The van der Waals surface area contributed by atoms with Crippen LogP contribution in [0.15, 0.2) is 18.2 Å². The minimum atomic E-state index is -0.0382. The van der Waals surface area contributed by atoms with Gasteiger partial charge in [-0.3, -0.25) is 9.59 Å². The van der Waals surface area contributed by atoms with Crippen LogP contribution in [0.2, 0.25) is 0 Å². The standard InChI is InChI=1S/C22H33N3O3/c1-16-11-17(2)13-19(12-16)28-10-7-21(26)25-9-4-5-18(15-25)14-24-22(27)20-6-3-8-23-20/h11-13,18,20,23H,3-10,14-15H2,1-2H3,(H,24,27). The van der Waals surface area contributed by atoms with Crippen molar-refractivity contribution < 1.29 is 14.3 Å². The Hall–Kier alpha value is -2.08. The van der Waals surface area contributed by atoms with E-state index in [0.717, 1.165) is 62.2 Å². The van der Waals surface area contributed by atoms with Gasteiger partial charge in [-0.1, -0.05) is 6.07 Å². The number of aryl methyl sites for hydroxylation is 2. The third-order valence-electron chi connectivity index (χ3n) is 5.59. The summed E-state index contributed by atoms with van der Waals surface area (Å²) in [4.78, 5) is 26.6. The SMILES string of the molecule is Cc1cc(C)cc(OCCC(=O)N2CCCC(CNC(=O)C3CCCN3)C2)c1. The summed E-state index contributed by atoms with van der Waals surface area (Å²) >= 11 is 0. The molecule has 0 spiro atoms. The highest BCUT2D eigenvalue weighted by Gasteiger charge is 2.26. The van der Waals surface area contributed by atoms with Gasteiger partial charge in [0.15, 0.2) is 0 Å². The van der Waals surface area contributed by atoms with E-state index in [2.05, 4.69) is 16.7 Å². The number of ether oxygens (including phenoxy) is 1. The van der Waals surface area contributed by atoms with Gasteiger partial charge in [-0.05, 0) is 75.3 Å². The Kier molecular flexibility index (Phi) is 7.31. The average Bonchev–Trinajstić information content (AvgIpc) is 3.20. The fraction of sp³-hybridized carbons (Fsp3) is 0.636. The summed E-state index contributed by atoms with van der Waals surface area (Å²) in [6, 6.07) is 6.06. The van der Waals surface area contributed by atoms with E-state index in [-0.39, 0.29) is 17.9 Å². The van der Waals surface area contributed by atoms with E-state index in [1.807, 2.05) is 30.9 Å². The molecule has 1 aromatic carbocycles. The molecule has 0 saturated carbocycles. The quantitative estimate of drug-likeness (QED) is 0.752. The largest absolute Gasteiger partial charge is 0.493 e. The van der Waals surface area contributed by atoms with Crippen LogP contribution >= 0.6 is 0 Å². The lowest BCUT2D eigenvalue weighted by Gasteiger charge is -2.33. The third kappa shape index (κ3) is 5.96. The number of piperidine rings is 1. The molecule has 0 aromatic heterocycles. The highest BCUT2D eigenvalue weighted by atomic mass is 16.5. The molecule has 1 aromatic rings. The topological polar surface area (TPSA) is 70.7 Å². The van der Waals surface area contributed by atoms with Crippen LogP contribution in [0.5, 0.6) is 5.75 Å². The maximum Gasteiger partial charge on any atom is 0.237 e. The maximum absolute atomic E-state index is 12.6. The Labute approximate surface area is 168 Å². The number of likely N-dealkylation sites (tertiary alicyclic amines) is 1. The molecule has 2 amide bonds. The van der Waals surface area contributed by atoms with Crippen LogP contribution in [0, 0.1) is 19.8 Å². The van der Waals surface area contributed by atoms with Gasteiger partial charge < -0.3 is 20.3 Å². The highest BCUT2D eigenvalue weighted by molar-refractivity contribution is 5.82. The summed E-state index contributed by atoms with van der Waals surface area (Å²) < 4.78 is 5.78. The minimum Gasteiger partial charge on any atom is -0.493 e. The summed E-state index contributed by atoms with van der Waals surface area (Å²) in [6.07, 6.45) is 4.42. The second-order valence-electron chi connectivity index (χ2n) is 8.16. The average molecular weight is 388 g/mol. The van der Waals surface area contributed by atoms with E-state index in [1.165, 1.54) is 0 Å². The van der Waals surface area contributed by atoms with Crippen molar-refractivity contribution in [1.82, 2.24) is 15.5 Å². The number of hydrogen-bond acceptors (Lipinski definition) is 4. The molecule has 2 aliphatic heterocycles. The lowest BCUT2D eigenvalue weighted by atomic mass is 9.97. The van der Waals surface area contributed by atoms with Gasteiger partial charge in [0.25, 0.3) is 0 Å². The maximum atomic E-state index is 12.6. The monoisotopic (exact) mass is 387 g/mol. The number of nitrogens with zero attached hydrogens (tertiary/aromatic N) is 1. The summed E-state index contributed by atoms with van der Waals surface area (Å²) in [7, 11) is 0. The van der Waals surface area contributed by atoms with Crippen LogP contribution in [0.3, 0.4) is 0 Å². The molecule has 2 heterocycles. The van der Waals surface area contributed by atoms with Crippen molar-refractivity contribution in [1.29, 1.82) is 0 Å². The van der Waals surface area contributed by atoms with Gasteiger partial charge in [-0.25, -0.2) is 0 Å². The summed E-state index contributed by atoms with van der Waals surface area (Å²) in [5.74, 6) is 1.40. The van der Waals surface area contributed by atoms with Gasteiger partial charge in [0.05, 0.1) is 19.1 Å². The molecule has 2 unspecified atom stereocenters. The number of nitrogens with one attached hydrogen (secondary N) is 2. The normalized spacial score (nSPS) is 22.1. The van der Waals surface area contributed by atoms with E-state index in [1.54, 1.807) is 0 Å². The highest BCUT2D eigenvalue weighted by Crippen LogP contribution is 2.19. The predicted octanol–water partition coefficient (Wildman–Crippen LogP) is 2.18. The lowest BCUT2D eigenvalue weighted by Crippen LogP contribution is -2.46. The van der Waals surface area contributed by atoms with Crippen molar-refractivity contribution in [3.8, 4) is 5.75 Å². The number of benzene rings is 1. The molecule has 3 rings (SSSR count). The number of carbonyl (C=O) groups is 2. The first kappa shape index (κ1) is 20.6. The molecule has 2 aliphatic rings. The number of rotatable bonds is 7. The molecule has 2 fully saturated rings. The molecule has 28 heavy (non-hydrogen) atoms. The Morgan fingerprint density at radius 1 is 1.18 bits per heavy atom. The third-order valence-corrected chi connectivity index (χ3v) is 5.59. The predicted molar refractivity (Wildman–Crippen MR) is 109 cm³/mol. The van der Waals surface area contributed by atoms with Crippen LogP contribution in [-0.4, -0.2) is 55.5 Å². The molecular formula is C22H33N3O3. The van der Waals surface area contributed by atoms with Crippen molar-refractivity contribution >= 4 is 11.8 Å². The smallest absolute Gasteiger partial charge is 0.237 e. The van der Waals surface area contributed by atoms with Gasteiger partial charge in [0.2, 0.25) is 11.8 Å². The van der Waals surface area contributed by atoms with Crippen molar-refractivity contribution in [3.05, 3.63) is 29.3 Å². The Balaban J connectivity index is 1.39. The fourth-order valence-electron chi connectivity index (χ4n) is 4.17. The first-order valence-electron chi connectivity index (χ1n) is 10.5.